The second-order valence-corrected chi connectivity index (χ2v) is 11.7. The number of imidazole rings is 1. The number of aliphatic hydroxyl groups excluding tert-OH is 1. The Hall–Kier alpha value is -3.30. The van der Waals surface area contributed by atoms with Crippen molar-refractivity contribution in [3.8, 4) is 5.69 Å². The van der Waals surface area contributed by atoms with E-state index in [1.807, 2.05) is 85.3 Å². The summed E-state index contributed by atoms with van der Waals surface area (Å²) in [7, 11) is 0. The van der Waals surface area contributed by atoms with Crippen molar-refractivity contribution < 1.29 is 19.8 Å². The van der Waals surface area contributed by atoms with E-state index in [2.05, 4.69) is 10.3 Å². The van der Waals surface area contributed by atoms with E-state index in [-0.39, 0.29) is 18.0 Å². The molecule has 214 valence electrons. The lowest BCUT2D eigenvalue weighted by molar-refractivity contribution is -0.134. The van der Waals surface area contributed by atoms with Crippen LogP contribution in [0.1, 0.15) is 64.0 Å². The Balaban J connectivity index is 1.48. The zero-order chi connectivity index (χ0) is 28.5. The fraction of sp³-hybridized carbons (Fsp3) is 0.452. The van der Waals surface area contributed by atoms with Crippen LogP contribution in [-0.2, 0) is 4.79 Å². The largest absolute Gasteiger partial charge is 0.465 e. The number of hydrogen-bond acceptors (Lipinski definition) is 5. The molecule has 3 N–H and O–H groups in total. The number of rotatable bonds is 14. The average Bonchev–Trinajstić information content (AvgIpc) is 3.42. The molecular formula is C31H40N4O4S. The van der Waals surface area contributed by atoms with Gasteiger partial charge in [-0.05, 0) is 49.3 Å². The van der Waals surface area contributed by atoms with Crippen molar-refractivity contribution in [1.82, 2.24) is 19.8 Å². The zero-order valence-corrected chi connectivity index (χ0v) is 24.1. The van der Waals surface area contributed by atoms with E-state index in [0.29, 0.717) is 18.6 Å². The third-order valence-electron chi connectivity index (χ3n) is 7.86. The van der Waals surface area contributed by atoms with Crippen LogP contribution in [0.5, 0.6) is 0 Å². The van der Waals surface area contributed by atoms with E-state index < -0.39 is 24.1 Å². The number of amides is 2. The van der Waals surface area contributed by atoms with Gasteiger partial charge in [-0.3, -0.25) is 9.36 Å². The van der Waals surface area contributed by atoms with E-state index in [0.717, 1.165) is 42.1 Å². The fourth-order valence-corrected chi connectivity index (χ4v) is 6.56. The minimum Gasteiger partial charge on any atom is -0.465 e. The number of carbonyl (C=O) groups excluding carboxylic acids is 1. The molecule has 3 atom stereocenters. The summed E-state index contributed by atoms with van der Waals surface area (Å²) in [4.78, 5) is 31.7. The number of para-hydroxylation sites is 1. The van der Waals surface area contributed by atoms with E-state index >= 15 is 0 Å². The van der Waals surface area contributed by atoms with Gasteiger partial charge < -0.3 is 20.4 Å². The first-order valence-electron chi connectivity index (χ1n) is 14.1. The Kier molecular flexibility index (Phi) is 10.3. The van der Waals surface area contributed by atoms with Crippen molar-refractivity contribution >= 4 is 23.8 Å². The summed E-state index contributed by atoms with van der Waals surface area (Å²) in [6.45, 7) is 4.15. The van der Waals surface area contributed by atoms with Crippen LogP contribution in [0.3, 0.4) is 0 Å². The number of benzene rings is 2. The first-order valence-corrected chi connectivity index (χ1v) is 15.1. The molecule has 1 heterocycles. The van der Waals surface area contributed by atoms with Crippen LogP contribution in [0.15, 0.2) is 78.2 Å². The molecule has 1 aliphatic carbocycles. The predicted molar refractivity (Wildman–Crippen MR) is 158 cm³/mol. The number of aromatic nitrogens is 2. The molecule has 1 saturated carbocycles. The third kappa shape index (κ3) is 7.26. The summed E-state index contributed by atoms with van der Waals surface area (Å²) >= 11 is 1.63. The van der Waals surface area contributed by atoms with Crippen molar-refractivity contribution in [2.24, 2.45) is 5.41 Å². The third-order valence-corrected chi connectivity index (χ3v) is 9.18. The van der Waals surface area contributed by atoms with E-state index in [1.54, 1.807) is 18.0 Å². The molecule has 8 nitrogen and oxygen atoms in total. The van der Waals surface area contributed by atoms with Gasteiger partial charge in [-0.1, -0.05) is 86.5 Å². The van der Waals surface area contributed by atoms with Crippen molar-refractivity contribution in [1.29, 1.82) is 0 Å². The molecule has 1 fully saturated rings. The van der Waals surface area contributed by atoms with Crippen molar-refractivity contribution in [3.63, 3.8) is 0 Å². The molecule has 2 aromatic carbocycles. The standard InChI is InChI=1S/C31H40N4O4S/c1-3-4-16-26(27(36)28(37)33-23(2)24-12-7-5-8-13-24)35(30(38)39)21-31(17-11-18-31)22-40-29-32-19-20-34(29)25-14-9-6-10-15-25/h5-10,12-15,19-20,23,26-27,36H,3-4,11,16-18,21-22H2,1-2H3,(H,33,37)(H,38,39)/t23-,26+,27?/m1/s1. The summed E-state index contributed by atoms with van der Waals surface area (Å²) in [5.74, 6) is 0.152. The van der Waals surface area contributed by atoms with Crippen LogP contribution in [0, 0.1) is 5.41 Å². The van der Waals surface area contributed by atoms with E-state index in [4.69, 9.17) is 0 Å². The van der Waals surface area contributed by atoms with Crippen LogP contribution in [-0.4, -0.2) is 61.1 Å². The molecule has 1 aromatic heterocycles. The van der Waals surface area contributed by atoms with Gasteiger partial charge in [0.15, 0.2) is 11.3 Å². The van der Waals surface area contributed by atoms with E-state index in [9.17, 15) is 19.8 Å². The topological polar surface area (TPSA) is 108 Å². The van der Waals surface area contributed by atoms with Crippen LogP contribution in [0.2, 0.25) is 0 Å². The summed E-state index contributed by atoms with van der Waals surface area (Å²) in [5, 5.41) is 25.3. The number of aliphatic hydroxyl groups is 1. The molecule has 40 heavy (non-hydrogen) atoms. The van der Waals surface area contributed by atoms with Gasteiger partial charge in [-0.25, -0.2) is 9.78 Å². The van der Waals surface area contributed by atoms with Gasteiger partial charge in [0.2, 0.25) is 0 Å². The number of carboxylic acid groups (broad SMARTS) is 1. The van der Waals surface area contributed by atoms with Gasteiger partial charge in [-0.2, -0.15) is 0 Å². The lowest BCUT2D eigenvalue weighted by Gasteiger charge is -2.46. The van der Waals surface area contributed by atoms with Gasteiger partial charge in [0.05, 0.1) is 12.1 Å². The normalized spacial score (nSPS) is 16.4. The number of thioether (sulfide) groups is 1. The molecule has 0 saturated heterocycles. The van der Waals surface area contributed by atoms with E-state index in [1.165, 1.54) is 4.90 Å². The number of hydrogen-bond donors (Lipinski definition) is 3. The summed E-state index contributed by atoms with van der Waals surface area (Å²) in [6, 6.07) is 18.4. The highest BCUT2D eigenvalue weighted by molar-refractivity contribution is 7.99. The Morgan fingerprint density at radius 1 is 1.12 bits per heavy atom. The highest BCUT2D eigenvalue weighted by Gasteiger charge is 2.44. The highest BCUT2D eigenvalue weighted by Crippen LogP contribution is 2.46. The second-order valence-electron chi connectivity index (χ2n) is 10.8. The lowest BCUT2D eigenvalue weighted by atomic mass is 9.69. The first kappa shape index (κ1) is 29.7. The summed E-state index contributed by atoms with van der Waals surface area (Å²) in [5.41, 5.74) is 1.70. The number of nitrogens with one attached hydrogen (secondary N) is 1. The van der Waals surface area contributed by atoms with Crippen LogP contribution in [0.25, 0.3) is 5.69 Å². The Labute approximate surface area is 240 Å². The fourth-order valence-electron chi connectivity index (χ4n) is 5.31. The first-order chi connectivity index (χ1) is 19.3. The maximum Gasteiger partial charge on any atom is 0.407 e. The van der Waals surface area contributed by atoms with Crippen LogP contribution in [0.4, 0.5) is 4.79 Å². The molecule has 0 aliphatic heterocycles. The van der Waals surface area contributed by atoms with Gasteiger partial charge in [0, 0.05) is 30.4 Å². The van der Waals surface area contributed by atoms with Crippen molar-refractivity contribution in [2.75, 3.05) is 12.3 Å². The van der Waals surface area contributed by atoms with Crippen molar-refractivity contribution in [2.45, 2.75) is 75.7 Å². The number of nitrogens with zero attached hydrogens (tertiary/aromatic N) is 3. The highest BCUT2D eigenvalue weighted by atomic mass is 32.2. The number of carbonyl (C=O) groups is 2. The maximum absolute atomic E-state index is 13.2. The maximum atomic E-state index is 13.2. The Bertz CT molecular complexity index is 1230. The molecule has 2 amide bonds. The second kappa shape index (κ2) is 13.9. The minimum absolute atomic E-state index is 0.242. The summed E-state index contributed by atoms with van der Waals surface area (Å²) < 4.78 is 2.04. The van der Waals surface area contributed by atoms with Gasteiger partial charge >= 0.3 is 6.09 Å². The molecule has 1 unspecified atom stereocenters. The molecule has 3 aromatic rings. The molecule has 4 rings (SSSR count). The molecule has 0 radical (unpaired) electrons. The predicted octanol–water partition coefficient (Wildman–Crippen LogP) is 5.91. The van der Waals surface area contributed by atoms with Crippen LogP contribution >= 0.6 is 11.8 Å². The molecule has 0 bridgehead atoms. The molecular weight excluding hydrogens is 524 g/mol. The molecule has 9 heteroatoms. The summed E-state index contributed by atoms with van der Waals surface area (Å²) in [6.07, 6.45) is 5.91. The quantitative estimate of drug-likeness (QED) is 0.210. The lowest BCUT2D eigenvalue weighted by Crippen LogP contribution is -2.56. The average molecular weight is 565 g/mol. The molecule has 1 aliphatic rings. The van der Waals surface area contributed by atoms with Crippen molar-refractivity contribution in [3.05, 3.63) is 78.6 Å². The number of unbranched alkanes of at least 4 members (excludes halogenated alkanes) is 1. The van der Waals surface area contributed by atoms with Gasteiger partial charge in [0.25, 0.3) is 5.91 Å². The Morgan fingerprint density at radius 3 is 2.40 bits per heavy atom. The smallest absolute Gasteiger partial charge is 0.407 e. The molecule has 0 spiro atoms. The van der Waals surface area contributed by atoms with Gasteiger partial charge in [-0.15, -0.1) is 0 Å². The Morgan fingerprint density at radius 2 is 1.80 bits per heavy atom. The monoisotopic (exact) mass is 564 g/mol. The minimum atomic E-state index is -1.46. The van der Waals surface area contributed by atoms with Crippen LogP contribution < -0.4 is 5.32 Å². The SMILES string of the molecule is CCCC[C@@H](C(O)C(=O)N[C@H](C)c1ccccc1)N(CC1(CSc2nccn2-c2ccccc2)CCC1)C(=O)O. The van der Waals surface area contributed by atoms with Gasteiger partial charge in [0.1, 0.15) is 0 Å². The zero-order valence-electron chi connectivity index (χ0n) is 23.3.